The zero-order valence-corrected chi connectivity index (χ0v) is 7.51. The summed E-state index contributed by atoms with van der Waals surface area (Å²) in [6.45, 7) is 0. The van der Waals surface area contributed by atoms with E-state index in [1.165, 1.54) is 0 Å². The van der Waals surface area contributed by atoms with Crippen molar-refractivity contribution in [2.75, 3.05) is 0 Å². The van der Waals surface area contributed by atoms with Gasteiger partial charge < -0.3 is 10.7 Å². The summed E-state index contributed by atoms with van der Waals surface area (Å²) in [7, 11) is 0. The number of nitrogens with zero attached hydrogens (tertiary/aromatic N) is 1. The molecular weight excluding hydrogens is 186 g/mol. The van der Waals surface area contributed by atoms with Crippen LogP contribution < -0.4 is 5.73 Å². The Kier molecular flexibility index (Phi) is 1.73. The van der Waals surface area contributed by atoms with E-state index in [0.29, 0.717) is 10.7 Å². The van der Waals surface area contributed by atoms with E-state index in [-0.39, 0.29) is 0 Å². The Morgan fingerprint density at radius 2 is 2.31 bits per heavy atom. The number of H-pyrrole nitrogens is 1. The minimum absolute atomic E-state index is 0.447. The van der Waals surface area contributed by atoms with Gasteiger partial charge in [-0.05, 0) is 18.2 Å². The minimum Gasteiger partial charge on any atom is -0.366 e. The number of nitrogens with one attached hydrogen (secondary N) is 1. The summed E-state index contributed by atoms with van der Waals surface area (Å²) in [4.78, 5) is 17.8. The van der Waals surface area contributed by atoms with Crippen molar-refractivity contribution >= 4 is 29.6 Å². The second-order valence-electron chi connectivity index (χ2n) is 2.66. The Bertz CT molecular complexity index is 477. The highest BCUT2D eigenvalue weighted by Gasteiger charge is 2.03. The first kappa shape index (κ1) is 8.12. The summed E-state index contributed by atoms with van der Waals surface area (Å²) < 4.78 is 0. The van der Waals surface area contributed by atoms with Crippen molar-refractivity contribution in [2.45, 2.75) is 5.16 Å². The molecule has 1 aromatic heterocycles. The van der Waals surface area contributed by atoms with Crippen LogP contribution >= 0.6 is 12.6 Å². The molecule has 1 aromatic carbocycles. The Labute approximate surface area is 79.6 Å². The van der Waals surface area contributed by atoms with Gasteiger partial charge in [-0.2, -0.15) is 0 Å². The van der Waals surface area contributed by atoms with E-state index < -0.39 is 5.91 Å². The smallest absolute Gasteiger partial charge is 0.248 e. The van der Waals surface area contributed by atoms with E-state index >= 15 is 0 Å². The summed E-state index contributed by atoms with van der Waals surface area (Å²) in [5.41, 5.74) is 7.12. The molecule has 0 bridgehead atoms. The molecule has 13 heavy (non-hydrogen) atoms. The van der Waals surface area contributed by atoms with Crippen molar-refractivity contribution < 1.29 is 4.79 Å². The number of primary amides is 1. The molecule has 2 aromatic rings. The van der Waals surface area contributed by atoms with Gasteiger partial charge in [0.05, 0.1) is 11.0 Å². The molecular formula is C8H7N3OS. The summed E-state index contributed by atoms with van der Waals surface area (Å²) >= 11 is 4.05. The number of thiol groups is 1. The van der Waals surface area contributed by atoms with Gasteiger partial charge in [0, 0.05) is 5.56 Å². The van der Waals surface area contributed by atoms with Crippen molar-refractivity contribution in [1.82, 2.24) is 9.97 Å². The maximum absolute atomic E-state index is 10.8. The molecule has 1 heterocycles. The molecule has 2 rings (SSSR count). The van der Waals surface area contributed by atoms with Gasteiger partial charge in [0.25, 0.3) is 0 Å². The number of benzene rings is 1. The number of imidazole rings is 1. The highest BCUT2D eigenvalue weighted by Crippen LogP contribution is 2.14. The normalized spacial score (nSPS) is 10.5. The Balaban J connectivity index is 2.67. The predicted molar refractivity (Wildman–Crippen MR) is 51.9 cm³/mol. The second kappa shape index (κ2) is 2.77. The van der Waals surface area contributed by atoms with Crippen LogP contribution in [-0.2, 0) is 0 Å². The molecule has 0 spiro atoms. The second-order valence-corrected chi connectivity index (χ2v) is 3.08. The third-order valence-corrected chi connectivity index (χ3v) is 1.97. The van der Waals surface area contributed by atoms with Gasteiger partial charge in [0.15, 0.2) is 5.16 Å². The number of carbonyl (C=O) groups excluding carboxylic acids is 1. The fourth-order valence-corrected chi connectivity index (χ4v) is 1.38. The first-order valence-electron chi connectivity index (χ1n) is 3.65. The highest BCUT2D eigenvalue weighted by molar-refractivity contribution is 7.80. The Hall–Kier alpha value is -1.49. The number of fused-ring (bicyclic) bond motifs is 1. The molecule has 0 atom stereocenters. The number of amides is 1. The predicted octanol–water partition coefficient (Wildman–Crippen LogP) is 0.950. The number of nitrogens with two attached hydrogens (primary N) is 1. The van der Waals surface area contributed by atoms with Gasteiger partial charge in [-0.3, -0.25) is 4.79 Å². The quantitative estimate of drug-likeness (QED) is 0.590. The minimum atomic E-state index is -0.447. The number of rotatable bonds is 1. The van der Waals surface area contributed by atoms with Crippen LogP contribution in [0.3, 0.4) is 0 Å². The highest BCUT2D eigenvalue weighted by atomic mass is 32.1. The van der Waals surface area contributed by atoms with Gasteiger partial charge in [-0.25, -0.2) is 4.98 Å². The third-order valence-electron chi connectivity index (χ3n) is 1.75. The van der Waals surface area contributed by atoms with Gasteiger partial charge >= 0.3 is 0 Å². The van der Waals surface area contributed by atoms with E-state index in [1.54, 1.807) is 18.2 Å². The first-order chi connectivity index (χ1) is 6.16. The van der Waals surface area contributed by atoms with Gasteiger partial charge in [0.2, 0.25) is 5.91 Å². The average Bonchev–Trinajstić information content (AvgIpc) is 2.42. The van der Waals surface area contributed by atoms with Crippen molar-refractivity contribution in [3.05, 3.63) is 23.8 Å². The maximum atomic E-state index is 10.8. The SMILES string of the molecule is NC(=O)c1ccc2nc(S)[nH]c2c1. The molecule has 0 fully saturated rings. The fraction of sp³-hybridized carbons (Fsp3) is 0. The van der Waals surface area contributed by atoms with Crippen molar-refractivity contribution in [1.29, 1.82) is 0 Å². The molecule has 0 unspecified atom stereocenters. The summed E-state index contributed by atoms with van der Waals surface area (Å²) in [5.74, 6) is -0.447. The molecule has 0 radical (unpaired) electrons. The van der Waals surface area contributed by atoms with Crippen LogP contribution in [0.2, 0.25) is 0 Å². The van der Waals surface area contributed by atoms with E-state index in [0.717, 1.165) is 11.0 Å². The Morgan fingerprint density at radius 3 is 3.00 bits per heavy atom. The average molecular weight is 193 g/mol. The first-order valence-corrected chi connectivity index (χ1v) is 4.10. The lowest BCUT2D eigenvalue weighted by Gasteiger charge is -1.93. The van der Waals surface area contributed by atoms with Crippen LogP contribution in [0.15, 0.2) is 23.4 Å². The largest absolute Gasteiger partial charge is 0.366 e. The van der Waals surface area contributed by atoms with Crippen LogP contribution in [0.4, 0.5) is 0 Å². The molecule has 0 aliphatic rings. The number of aromatic nitrogens is 2. The fourth-order valence-electron chi connectivity index (χ4n) is 1.15. The van der Waals surface area contributed by atoms with Crippen LogP contribution in [-0.4, -0.2) is 15.9 Å². The van der Waals surface area contributed by atoms with Crippen LogP contribution in [0.1, 0.15) is 10.4 Å². The van der Waals surface area contributed by atoms with Crippen molar-refractivity contribution in [2.24, 2.45) is 5.73 Å². The van der Waals surface area contributed by atoms with Gasteiger partial charge in [0.1, 0.15) is 0 Å². The van der Waals surface area contributed by atoms with E-state index in [4.69, 9.17) is 5.73 Å². The van der Waals surface area contributed by atoms with Crippen molar-refractivity contribution in [3.63, 3.8) is 0 Å². The molecule has 0 aliphatic heterocycles. The molecule has 0 aliphatic carbocycles. The molecule has 3 N–H and O–H groups in total. The molecule has 0 saturated heterocycles. The monoisotopic (exact) mass is 193 g/mol. The van der Waals surface area contributed by atoms with E-state index in [1.807, 2.05) is 0 Å². The lowest BCUT2D eigenvalue weighted by atomic mass is 10.2. The molecule has 66 valence electrons. The number of hydrogen-bond donors (Lipinski definition) is 3. The lowest BCUT2D eigenvalue weighted by Crippen LogP contribution is -2.10. The van der Waals surface area contributed by atoms with Crippen LogP contribution in [0.25, 0.3) is 11.0 Å². The zero-order chi connectivity index (χ0) is 9.42. The van der Waals surface area contributed by atoms with Gasteiger partial charge in [-0.15, -0.1) is 12.6 Å². The number of carbonyl (C=O) groups is 1. The van der Waals surface area contributed by atoms with Crippen LogP contribution in [0.5, 0.6) is 0 Å². The van der Waals surface area contributed by atoms with Gasteiger partial charge in [-0.1, -0.05) is 0 Å². The molecule has 0 saturated carbocycles. The molecule has 1 amide bonds. The summed E-state index contributed by atoms with van der Waals surface area (Å²) in [6.07, 6.45) is 0. The third kappa shape index (κ3) is 1.38. The summed E-state index contributed by atoms with van der Waals surface area (Å²) in [6, 6.07) is 5.02. The topological polar surface area (TPSA) is 71.8 Å². The number of hydrogen-bond acceptors (Lipinski definition) is 3. The number of aromatic amines is 1. The van der Waals surface area contributed by atoms with Crippen molar-refractivity contribution in [3.8, 4) is 0 Å². The van der Waals surface area contributed by atoms with E-state index in [2.05, 4.69) is 22.6 Å². The Morgan fingerprint density at radius 1 is 1.54 bits per heavy atom. The maximum Gasteiger partial charge on any atom is 0.248 e. The molecule has 5 heteroatoms. The van der Waals surface area contributed by atoms with Crippen LogP contribution in [0, 0.1) is 0 Å². The lowest BCUT2D eigenvalue weighted by molar-refractivity contribution is 0.100. The standard InChI is InChI=1S/C8H7N3OS/c9-7(12)4-1-2-5-6(3-4)11-8(13)10-5/h1-3H,(H2,9,12)(H2,10,11,13). The van der Waals surface area contributed by atoms with E-state index in [9.17, 15) is 4.79 Å². The molecule has 4 nitrogen and oxygen atoms in total. The summed E-state index contributed by atoms with van der Waals surface area (Å²) in [5, 5.41) is 0.525. The zero-order valence-electron chi connectivity index (χ0n) is 6.61.